The second-order valence-corrected chi connectivity index (χ2v) is 6.60. The molecule has 1 unspecified atom stereocenters. The summed E-state index contributed by atoms with van der Waals surface area (Å²) in [5.41, 5.74) is 1.42. The minimum absolute atomic E-state index is 0.0319. The van der Waals surface area contributed by atoms with Gasteiger partial charge in [0.25, 0.3) is 0 Å². The molecule has 3 aromatic rings. The van der Waals surface area contributed by atoms with Crippen molar-refractivity contribution in [2.75, 3.05) is 32.8 Å². The molecule has 0 saturated carbocycles. The van der Waals surface area contributed by atoms with Crippen molar-refractivity contribution in [3.63, 3.8) is 0 Å². The maximum absolute atomic E-state index is 12.7. The van der Waals surface area contributed by atoms with Crippen molar-refractivity contribution in [2.45, 2.75) is 12.3 Å². The van der Waals surface area contributed by atoms with E-state index in [1.165, 1.54) is 0 Å². The van der Waals surface area contributed by atoms with Crippen molar-refractivity contribution in [1.82, 2.24) is 10.1 Å². The van der Waals surface area contributed by atoms with Crippen LogP contribution in [0.15, 0.2) is 47.0 Å². The summed E-state index contributed by atoms with van der Waals surface area (Å²) in [6.45, 7) is 0.426. The number of carbonyl (C=O) groups excluding carboxylic acids is 1. The lowest BCUT2D eigenvalue weighted by atomic mass is 10.1. The van der Waals surface area contributed by atoms with Gasteiger partial charge < -0.3 is 23.6 Å². The van der Waals surface area contributed by atoms with Crippen LogP contribution in [-0.2, 0) is 4.79 Å². The number of para-hydroxylation sites is 1. The van der Waals surface area contributed by atoms with Crippen LogP contribution in [-0.4, -0.2) is 43.9 Å². The fraction of sp³-hybridized carbons (Fsp3) is 0.286. The monoisotopic (exact) mass is 395 g/mol. The van der Waals surface area contributed by atoms with Gasteiger partial charge in [0.05, 0.1) is 38.5 Å². The molecular weight excluding hydrogens is 374 g/mol. The van der Waals surface area contributed by atoms with Crippen LogP contribution in [0.5, 0.6) is 17.2 Å². The molecule has 0 bridgehead atoms. The van der Waals surface area contributed by atoms with E-state index in [2.05, 4.69) is 10.1 Å². The highest BCUT2D eigenvalue weighted by molar-refractivity contribution is 5.97. The van der Waals surface area contributed by atoms with Gasteiger partial charge in [-0.1, -0.05) is 17.3 Å². The SMILES string of the molecule is COc1ccc(N2CC(c3nc(-c4ccccc4OC)no3)CC2=O)c(OC)c1. The Hall–Kier alpha value is -3.55. The van der Waals surface area contributed by atoms with Crippen LogP contribution >= 0.6 is 0 Å². The number of nitrogens with zero attached hydrogens (tertiary/aromatic N) is 3. The van der Waals surface area contributed by atoms with E-state index in [1.54, 1.807) is 38.4 Å². The van der Waals surface area contributed by atoms with Crippen molar-refractivity contribution in [3.8, 4) is 28.6 Å². The molecule has 8 heteroatoms. The van der Waals surface area contributed by atoms with Crippen LogP contribution < -0.4 is 19.1 Å². The van der Waals surface area contributed by atoms with E-state index in [-0.39, 0.29) is 18.2 Å². The van der Waals surface area contributed by atoms with Crippen LogP contribution in [0.1, 0.15) is 18.2 Å². The summed E-state index contributed by atoms with van der Waals surface area (Å²) in [5.74, 6) is 2.51. The van der Waals surface area contributed by atoms with Gasteiger partial charge in [0.1, 0.15) is 17.2 Å². The number of benzene rings is 2. The zero-order valence-corrected chi connectivity index (χ0v) is 16.4. The van der Waals surface area contributed by atoms with Crippen LogP contribution in [0.2, 0.25) is 0 Å². The average Bonchev–Trinajstić information content (AvgIpc) is 3.40. The van der Waals surface area contributed by atoms with Crippen molar-refractivity contribution >= 4 is 11.6 Å². The van der Waals surface area contributed by atoms with Crippen LogP contribution in [0.3, 0.4) is 0 Å². The Morgan fingerprint density at radius 1 is 1.03 bits per heavy atom. The number of aromatic nitrogens is 2. The number of hydrogen-bond acceptors (Lipinski definition) is 7. The number of hydrogen-bond donors (Lipinski definition) is 0. The second kappa shape index (κ2) is 7.83. The number of ether oxygens (including phenoxy) is 3. The standard InChI is InChI=1S/C21H21N3O5/c1-26-14-8-9-16(18(11-14)28-3)24-12-13(10-19(24)25)21-22-20(23-29-21)15-6-4-5-7-17(15)27-2/h4-9,11,13H,10,12H2,1-3H3. The van der Waals surface area contributed by atoms with Crippen LogP contribution in [0.25, 0.3) is 11.4 Å². The summed E-state index contributed by atoms with van der Waals surface area (Å²) in [6, 6.07) is 12.8. The van der Waals surface area contributed by atoms with Crippen LogP contribution in [0.4, 0.5) is 5.69 Å². The summed E-state index contributed by atoms with van der Waals surface area (Å²) in [4.78, 5) is 18.9. The molecule has 2 aromatic carbocycles. The smallest absolute Gasteiger partial charge is 0.232 e. The molecule has 150 valence electrons. The first-order chi connectivity index (χ1) is 14.1. The summed E-state index contributed by atoms with van der Waals surface area (Å²) in [7, 11) is 4.74. The molecule has 2 heterocycles. The zero-order valence-electron chi connectivity index (χ0n) is 16.4. The highest BCUT2D eigenvalue weighted by atomic mass is 16.5. The van der Waals surface area contributed by atoms with Gasteiger partial charge in [-0.2, -0.15) is 4.98 Å². The number of anilines is 1. The first kappa shape index (κ1) is 18.8. The Labute approximate surface area is 168 Å². The normalized spacial score (nSPS) is 16.2. The summed E-state index contributed by atoms with van der Waals surface area (Å²) in [5, 5.41) is 4.08. The molecule has 1 aromatic heterocycles. The average molecular weight is 395 g/mol. The predicted octanol–water partition coefficient (Wildman–Crippen LogP) is 3.28. The molecule has 1 saturated heterocycles. The van der Waals surface area contributed by atoms with Crippen molar-refractivity contribution in [3.05, 3.63) is 48.4 Å². The number of methoxy groups -OCH3 is 3. The molecule has 1 aliphatic heterocycles. The Balaban J connectivity index is 1.59. The fourth-order valence-electron chi connectivity index (χ4n) is 3.45. The molecule has 29 heavy (non-hydrogen) atoms. The molecule has 0 spiro atoms. The van der Waals surface area contributed by atoms with Crippen molar-refractivity contribution in [2.24, 2.45) is 0 Å². The largest absolute Gasteiger partial charge is 0.497 e. The number of carbonyl (C=O) groups is 1. The molecule has 0 radical (unpaired) electrons. The van der Waals surface area contributed by atoms with Gasteiger partial charge in [-0.15, -0.1) is 0 Å². The first-order valence-corrected chi connectivity index (χ1v) is 9.14. The molecule has 1 atom stereocenters. The van der Waals surface area contributed by atoms with Crippen molar-refractivity contribution < 1.29 is 23.5 Å². The third kappa shape index (κ3) is 3.49. The maximum Gasteiger partial charge on any atom is 0.232 e. The molecular formula is C21H21N3O5. The number of amides is 1. The lowest BCUT2D eigenvalue weighted by Crippen LogP contribution is -2.24. The quantitative estimate of drug-likeness (QED) is 0.633. The van der Waals surface area contributed by atoms with Gasteiger partial charge in [-0.3, -0.25) is 4.79 Å². The van der Waals surface area contributed by atoms with Crippen LogP contribution in [0, 0.1) is 0 Å². The molecule has 1 amide bonds. The van der Waals surface area contributed by atoms with Gasteiger partial charge in [-0.05, 0) is 24.3 Å². The lowest BCUT2D eigenvalue weighted by molar-refractivity contribution is -0.117. The molecule has 1 fully saturated rings. The second-order valence-electron chi connectivity index (χ2n) is 6.60. The van der Waals surface area contributed by atoms with Gasteiger partial charge in [0, 0.05) is 19.0 Å². The lowest BCUT2D eigenvalue weighted by Gasteiger charge is -2.19. The summed E-state index contributed by atoms with van der Waals surface area (Å²) < 4.78 is 21.5. The maximum atomic E-state index is 12.7. The Morgan fingerprint density at radius 2 is 1.83 bits per heavy atom. The highest BCUT2D eigenvalue weighted by Crippen LogP contribution is 2.38. The van der Waals surface area contributed by atoms with E-state index < -0.39 is 0 Å². The zero-order chi connectivity index (χ0) is 20.4. The summed E-state index contributed by atoms with van der Waals surface area (Å²) in [6.07, 6.45) is 0.280. The van der Waals surface area contributed by atoms with E-state index >= 15 is 0 Å². The number of rotatable bonds is 6. The molecule has 0 aliphatic carbocycles. The fourth-order valence-corrected chi connectivity index (χ4v) is 3.45. The first-order valence-electron chi connectivity index (χ1n) is 9.14. The predicted molar refractivity (Wildman–Crippen MR) is 106 cm³/mol. The minimum atomic E-state index is -0.203. The van der Waals surface area contributed by atoms with E-state index in [1.807, 2.05) is 30.3 Å². The van der Waals surface area contributed by atoms with E-state index in [0.29, 0.717) is 41.2 Å². The van der Waals surface area contributed by atoms with Crippen molar-refractivity contribution in [1.29, 1.82) is 0 Å². The molecule has 8 nitrogen and oxygen atoms in total. The minimum Gasteiger partial charge on any atom is -0.497 e. The molecule has 0 N–H and O–H groups in total. The highest BCUT2D eigenvalue weighted by Gasteiger charge is 2.36. The van der Waals surface area contributed by atoms with Gasteiger partial charge in [-0.25, -0.2) is 0 Å². The third-order valence-corrected chi connectivity index (χ3v) is 4.94. The Morgan fingerprint density at radius 3 is 2.59 bits per heavy atom. The van der Waals surface area contributed by atoms with E-state index in [9.17, 15) is 4.79 Å². The third-order valence-electron chi connectivity index (χ3n) is 4.94. The van der Waals surface area contributed by atoms with Gasteiger partial charge >= 0.3 is 0 Å². The topological polar surface area (TPSA) is 86.9 Å². The van der Waals surface area contributed by atoms with E-state index in [4.69, 9.17) is 18.7 Å². The Bertz CT molecular complexity index is 1030. The Kier molecular flexibility index (Phi) is 5.07. The summed E-state index contributed by atoms with van der Waals surface area (Å²) >= 11 is 0. The molecule has 1 aliphatic rings. The van der Waals surface area contributed by atoms with Gasteiger partial charge in [0.2, 0.25) is 17.6 Å². The van der Waals surface area contributed by atoms with E-state index in [0.717, 1.165) is 5.56 Å². The molecule has 4 rings (SSSR count). The van der Waals surface area contributed by atoms with Gasteiger partial charge in [0.15, 0.2) is 0 Å².